The van der Waals surface area contributed by atoms with Crippen LogP contribution < -0.4 is 15.4 Å². The third-order valence-electron chi connectivity index (χ3n) is 3.26. The third-order valence-corrected chi connectivity index (χ3v) is 3.85. The topological polar surface area (TPSA) is 76.1 Å². The zero-order chi connectivity index (χ0) is 14.5. The van der Waals surface area contributed by atoms with Gasteiger partial charge in [0.2, 0.25) is 5.88 Å². The zero-order valence-electron chi connectivity index (χ0n) is 11.4. The molecule has 0 unspecified atom stereocenters. The molecule has 0 bridgehead atoms. The highest BCUT2D eigenvalue weighted by Crippen LogP contribution is 2.17. The van der Waals surface area contributed by atoms with Crippen LogP contribution in [0.1, 0.15) is 23.2 Å². The predicted octanol–water partition coefficient (Wildman–Crippen LogP) is 1.92. The molecule has 6 nitrogen and oxygen atoms in total. The minimum absolute atomic E-state index is 0.183. The summed E-state index contributed by atoms with van der Waals surface area (Å²) in [6.07, 6.45) is 5.35. The van der Waals surface area contributed by atoms with Crippen LogP contribution in [-0.4, -0.2) is 34.5 Å². The number of rotatable bonds is 4. The molecule has 110 valence electrons. The van der Waals surface area contributed by atoms with Gasteiger partial charge in [-0.15, -0.1) is 0 Å². The van der Waals surface area contributed by atoms with E-state index in [1.54, 1.807) is 29.9 Å². The van der Waals surface area contributed by atoms with E-state index in [1.165, 1.54) is 11.5 Å². The third kappa shape index (κ3) is 3.77. The minimum Gasteiger partial charge on any atom is -0.474 e. The SMILES string of the molecule is O=C(Nc1ccc(OC2CCNCC2)nc1)c1cnsc1. The van der Waals surface area contributed by atoms with Crippen molar-refractivity contribution in [3.05, 3.63) is 35.5 Å². The van der Waals surface area contributed by atoms with Crippen molar-refractivity contribution in [3.63, 3.8) is 0 Å². The number of hydrogen-bond donors (Lipinski definition) is 2. The fourth-order valence-corrected chi connectivity index (χ4v) is 2.64. The van der Waals surface area contributed by atoms with E-state index in [4.69, 9.17) is 4.74 Å². The Morgan fingerprint density at radius 2 is 2.19 bits per heavy atom. The van der Waals surface area contributed by atoms with Crippen LogP contribution >= 0.6 is 11.5 Å². The van der Waals surface area contributed by atoms with Gasteiger partial charge in [0.15, 0.2) is 0 Å². The van der Waals surface area contributed by atoms with Gasteiger partial charge in [-0.05, 0) is 43.5 Å². The van der Waals surface area contributed by atoms with Gasteiger partial charge >= 0.3 is 0 Å². The number of piperidine rings is 1. The number of ether oxygens (including phenoxy) is 1. The second kappa shape index (κ2) is 6.64. The van der Waals surface area contributed by atoms with E-state index >= 15 is 0 Å². The summed E-state index contributed by atoms with van der Waals surface area (Å²) >= 11 is 1.25. The number of hydrogen-bond acceptors (Lipinski definition) is 6. The Kier molecular flexibility index (Phi) is 4.42. The smallest absolute Gasteiger partial charge is 0.258 e. The standard InChI is InChI=1S/C14H16N4O2S/c19-14(10-7-17-21-9-10)18-11-1-2-13(16-8-11)20-12-3-5-15-6-4-12/h1-2,7-9,12,15H,3-6H2,(H,18,19). The molecule has 1 fully saturated rings. The van der Waals surface area contributed by atoms with Crippen LogP contribution in [0.2, 0.25) is 0 Å². The number of pyridine rings is 1. The molecule has 3 heterocycles. The summed E-state index contributed by atoms with van der Waals surface area (Å²) in [5.41, 5.74) is 1.19. The highest BCUT2D eigenvalue weighted by atomic mass is 32.1. The van der Waals surface area contributed by atoms with E-state index < -0.39 is 0 Å². The highest BCUT2D eigenvalue weighted by Gasteiger charge is 2.15. The maximum absolute atomic E-state index is 11.9. The Morgan fingerprint density at radius 3 is 2.86 bits per heavy atom. The minimum atomic E-state index is -0.183. The van der Waals surface area contributed by atoms with E-state index in [0.717, 1.165) is 25.9 Å². The quantitative estimate of drug-likeness (QED) is 0.902. The molecular formula is C14H16N4O2S. The van der Waals surface area contributed by atoms with Crippen LogP contribution in [0.5, 0.6) is 5.88 Å². The maximum atomic E-state index is 11.9. The lowest BCUT2D eigenvalue weighted by molar-refractivity contribution is 0.102. The Hall–Kier alpha value is -1.99. The van der Waals surface area contributed by atoms with Gasteiger partial charge in [0.05, 0.1) is 23.6 Å². The summed E-state index contributed by atoms with van der Waals surface area (Å²) in [4.78, 5) is 16.1. The van der Waals surface area contributed by atoms with Gasteiger partial charge in [-0.25, -0.2) is 9.36 Å². The van der Waals surface area contributed by atoms with Gasteiger partial charge in [-0.3, -0.25) is 4.79 Å². The van der Waals surface area contributed by atoms with E-state index in [9.17, 15) is 4.79 Å². The lowest BCUT2D eigenvalue weighted by Gasteiger charge is -2.23. The maximum Gasteiger partial charge on any atom is 0.258 e. The van der Waals surface area contributed by atoms with Crippen LogP contribution in [0.4, 0.5) is 5.69 Å². The first-order chi connectivity index (χ1) is 10.3. The fourth-order valence-electron chi connectivity index (χ4n) is 2.13. The molecule has 1 aliphatic rings. The summed E-state index contributed by atoms with van der Waals surface area (Å²) in [5, 5.41) is 7.77. The first kappa shape index (κ1) is 14.0. The van der Waals surface area contributed by atoms with Gasteiger partial charge in [0.1, 0.15) is 6.10 Å². The van der Waals surface area contributed by atoms with Crippen molar-refractivity contribution in [2.75, 3.05) is 18.4 Å². The van der Waals surface area contributed by atoms with Crippen molar-refractivity contribution in [1.29, 1.82) is 0 Å². The number of carbonyl (C=O) groups is 1. The van der Waals surface area contributed by atoms with E-state index in [1.807, 2.05) is 0 Å². The predicted molar refractivity (Wildman–Crippen MR) is 80.8 cm³/mol. The van der Waals surface area contributed by atoms with Crippen LogP contribution in [-0.2, 0) is 0 Å². The molecule has 0 aromatic carbocycles. The summed E-state index contributed by atoms with van der Waals surface area (Å²) in [6.45, 7) is 1.96. The van der Waals surface area contributed by atoms with Gasteiger partial charge < -0.3 is 15.4 Å². The van der Waals surface area contributed by atoms with Crippen LogP contribution in [0.15, 0.2) is 29.9 Å². The Labute approximate surface area is 126 Å². The van der Waals surface area contributed by atoms with Crippen molar-refractivity contribution in [2.24, 2.45) is 0 Å². The van der Waals surface area contributed by atoms with Crippen molar-refractivity contribution in [2.45, 2.75) is 18.9 Å². The Bertz CT molecular complexity index is 580. The second-order valence-corrected chi connectivity index (χ2v) is 5.48. The van der Waals surface area contributed by atoms with Crippen LogP contribution in [0, 0.1) is 0 Å². The van der Waals surface area contributed by atoms with Crippen molar-refractivity contribution in [1.82, 2.24) is 14.7 Å². The second-order valence-electron chi connectivity index (χ2n) is 4.82. The number of amides is 1. The summed E-state index contributed by atoms with van der Waals surface area (Å²) < 4.78 is 9.72. The van der Waals surface area contributed by atoms with E-state index in [0.29, 0.717) is 17.1 Å². The molecule has 0 radical (unpaired) electrons. The molecule has 7 heteroatoms. The van der Waals surface area contributed by atoms with Gasteiger partial charge in [0, 0.05) is 11.4 Å². The Morgan fingerprint density at radius 1 is 1.33 bits per heavy atom. The van der Waals surface area contributed by atoms with Gasteiger partial charge in [-0.1, -0.05) is 0 Å². The summed E-state index contributed by atoms with van der Waals surface area (Å²) in [6, 6.07) is 3.57. The van der Waals surface area contributed by atoms with E-state index in [-0.39, 0.29) is 12.0 Å². The first-order valence-electron chi connectivity index (χ1n) is 6.85. The molecule has 0 spiro atoms. The van der Waals surface area contributed by atoms with Crippen molar-refractivity contribution < 1.29 is 9.53 Å². The summed E-state index contributed by atoms with van der Waals surface area (Å²) in [7, 11) is 0. The molecule has 2 aromatic heterocycles. The number of nitrogens with one attached hydrogen (secondary N) is 2. The fraction of sp³-hybridized carbons (Fsp3) is 0.357. The number of aromatic nitrogens is 2. The van der Waals surface area contributed by atoms with E-state index in [2.05, 4.69) is 20.0 Å². The lowest BCUT2D eigenvalue weighted by atomic mass is 10.1. The normalized spacial score (nSPS) is 15.6. The van der Waals surface area contributed by atoms with Crippen molar-refractivity contribution in [3.8, 4) is 5.88 Å². The molecule has 1 aliphatic heterocycles. The van der Waals surface area contributed by atoms with Crippen LogP contribution in [0.3, 0.4) is 0 Å². The number of carbonyl (C=O) groups excluding carboxylic acids is 1. The Balaban J connectivity index is 1.57. The van der Waals surface area contributed by atoms with Crippen LogP contribution in [0.25, 0.3) is 0 Å². The molecular weight excluding hydrogens is 288 g/mol. The summed E-state index contributed by atoms with van der Waals surface area (Å²) in [5.74, 6) is 0.412. The average molecular weight is 304 g/mol. The molecule has 1 amide bonds. The molecule has 0 saturated carbocycles. The number of anilines is 1. The lowest BCUT2D eigenvalue weighted by Crippen LogP contribution is -2.34. The number of nitrogens with zero attached hydrogens (tertiary/aromatic N) is 2. The van der Waals surface area contributed by atoms with Gasteiger partial charge in [-0.2, -0.15) is 0 Å². The van der Waals surface area contributed by atoms with Gasteiger partial charge in [0.25, 0.3) is 5.91 Å². The molecule has 21 heavy (non-hydrogen) atoms. The zero-order valence-corrected chi connectivity index (χ0v) is 12.2. The molecule has 2 N–H and O–H groups in total. The monoisotopic (exact) mass is 304 g/mol. The molecule has 0 atom stereocenters. The molecule has 2 aromatic rings. The van der Waals surface area contributed by atoms with Crippen molar-refractivity contribution >= 4 is 23.1 Å². The average Bonchev–Trinajstić information content (AvgIpc) is 3.05. The first-order valence-corrected chi connectivity index (χ1v) is 7.69. The largest absolute Gasteiger partial charge is 0.474 e. The molecule has 3 rings (SSSR count). The highest BCUT2D eigenvalue weighted by molar-refractivity contribution is 7.03. The molecule has 1 saturated heterocycles. The molecule has 0 aliphatic carbocycles.